The molecule has 0 spiro atoms. The van der Waals surface area contributed by atoms with E-state index >= 15 is 0 Å². The number of piperazine rings is 1. The predicted molar refractivity (Wildman–Crippen MR) is 127 cm³/mol. The first-order valence-corrected chi connectivity index (χ1v) is 10.1. The quantitative estimate of drug-likeness (QED) is 0.256. The van der Waals surface area contributed by atoms with Crippen molar-refractivity contribution in [2.24, 2.45) is 4.99 Å². The van der Waals surface area contributed by atoms with Crippen LogP contribution in [0.25, 0.3) is 0 Å². The number of guanidine groups is 1. The fourth-order valence-corrected chi connectivity index (χ4v) is 3.27. The van der Waals surface area contributed by atoms with Gasteiger partial charge >= 0.3 is 0 Å². The highest BCUT2D eigenvalue weighted by Gasteiger charge is 2.12. The van der Waals surface area contributed by atoms with E-state index in [9.17, 15) is 0 Å². The molecule has 0 amide bonds. The Morgan fingerprint density at radius 2 is 1.81 bits per heavy atom. The number of rotatable bonds is 8. The molecule has 1 aromatic carbocycles. The van der Waals surface area contributed by atoms with Gasteiger partial charge in [-0.25, -0.2) is 4.99 Å². The Kier molecular flexibility index (Phi) is 11.9. The van der Waals surface area contributed by atoms with Crippen LogP contribution in [0.2, 0.25) is 0 Å². The molecule has 0 saturated carbocycles. The van der Waals surface area contributed by atoms with Crippen LogP contribution >= 0.6 is 24.0 Å². The molecule has 1 saturated heterocycles. The fraction of sp³-hybridized carbons (Fsp3) is 0.667. The van der Waals surface area contributed by atoms with Crippen LogP contribution in [-0.2, 0) is 6.54 Å². The highest BCUT2D eigenvalue weighted by Crippen LogP contribution is 2.11. The third kappa shape index (κ3) is 9.25. The van der Waals surface area contributed by atoms with E-state index in [1.165, 1.54) is 62.3 Å². The summed E-state index contributed by atoms with van der Waals surface area (Å²) in [7, 11) is 2.21. The van der Waals surface area contributed by atoms with Crippen molar-refractivity contribution in [1.82, 2.24) is 20.4 Å². The van der Waals surface area contributed by atoms with Crippen molar-refractivity contribution in [3.05, 3.63) is 34.9 Å². The van der Waals surface area contributed by atoms with Gasteiger partial charge in [-0.1, -0.05) is 23.8 Å². The van der Waals surface area contributed by atoms with Crippen molar-refractivity contribution in [1.29, 1.82) is 0 Å². The number of halogens is 1. The van der Waals surface area contributed by atoms with E-state index in [1.54, 1.807) is 0 Å². The molecule has 5 nitrogen and oxygen atoms in total. The molecule has 0 bridgehead atoms. The predicted octanol–water partition coefficient (Wildman–Crippen LogP) is 3.00. The fourth-order valence-electron chi connectivity index (χ4n) is 3.27. The number of aliphatic imine (C=N–C) groups is 1. The van der Waals surface area contributed by atoms with Gasteiger partial charge in [0.1, 0.15) is 0 Å². The molecule has 1 heterocycles. The van der Waals surface area contributed by atoms with Crippen LogP contribution in [0.3, 0.4) is 0 Å². The molecule has 0 unspecified atom stereocenters. The van der Waals surface area contributed by atoms with Crippen LogP contribution in [0.4, 0.5) is 0 Å². The Morgan fingerprint density at radius 3 is 2.48 bits per heavy atom. The zero-order chi connectivity index (χ0) is 18.8. The van der Waals surface area contributed by atoms with Crippen LogP contribution in [0.5, 0.6) is 0 Å². The molecule has 6 heteroatoms. The lowest BCUT2D eigenvalue weighted by Crippen LogP contribution is -2.44. The molecule has 1 fully saturated rings. The van der Waals surface area contributed by atoms with Crippen molar-refractivity contribution in [2.75, 3.05) is 52.9 Å². The Morgan fingerprint density at radius 1 is 1.07 bits per heavy atom. The molecule has 0 aromatic heterocycles. The monoisotopic (exact) mass is 487 g/mol. The molecular formula is C21H38IN5. The summed E-state index contributed by atoms with van der Waals surface area (Å²) < 4.78 is 0. The molecule has 0 atom stereocenters. The van der Waals surface area contributed by atoms with Crippen LogP contribution in [-0.4, -0.2) is 68.6 Å². The smallest absolute Gasteiger partial charge is 0.191 e. The lowest BCUT2D eigenvalue weighted by molar-refractivity contribution is 0.152. The first kappa shape index (κ1) is 24.2. The van der Waals surface area contributed by atoms with Crippen LogP contribution in [0.15, 0.2) is 23.2 Å². The van der Waals surface area contributed by atoms with Gasteiger partial charge in [-0.15, -0.1) is 24.0 Å². The molecule has 1 aliphatic rings. The van der Waals surface area contributed by atoms with E-state index in [-0.39, 0.29) is 24.0 Å². The molecule has 2 N–H and O–H groups in total. The van der Waals surface area contributed by atoms with Crippen molar-refractivity contribution in [3.63, 3.8) is 0 Å². The van der Waals surface area contributed by atoms with Crippen molar-refractivity contribution < 1.29 is 0 Å². The topological polar surface area (TPSA) is 42.9 Å². The molecule has 0 radical (unpaired) electrons. The van der Waals surface area contributed by atoms with Gasteiger partial charge in [-0.3, -0.25) is 0 Å². The van der Waals surface area contributed by atoms with Crippen molar-refractivity contribution in [3.8, 4) is 0 Å². The first-order chi connectivity index (χ1) is 12.6. The number of likely N-dealkylation sites (N-methyl/N-ethyl adjacent to an activating group) is 1. The number of nitrogens with zero attached hydrogens (tertiary/aromatic N) is 3. The number of benzene rings is 1. The largest absolute Gasteiger partial charge is 0.357 e. The van der Waals surface area contributed by atoms with E-state index in [4.69, 9.17) is 4.99 Å². The van der Waals surface area contributed by atoms with E-state index in [0.29, 0.717) is 0 Å². The minimum absolute atomic E-state index is 0. The SMILES string of the molecule is CCNC(=NCc1ccc(C)cc1C)NCCCCN1CCN(C)CC1.I. The summed E-state index contributed by atoms with van der Waals surface area (Å²) in [6, 6.07) is 6.58. The average Bonchev–Trinajstić information content (AvgIpc) is 2.62. The van der Waals surface area contributed by atoms with Gasteiger partial charge in [0.2, 0.25) is 0 Å². The summed E-state index contributed by atoms with van der Waals surface area (Å²) in [5.41, 5.74) is 3.92. The summed E-state index contributed by atoms with van der Waals surface area (Å²) in [6.45, 7) is 15.0. The van der Waals surface area contributed by atoms with E-state index < -0.39 is 0 Å². The molecule has 154 valence electrons. The van der Waals surface area contributed by atoms with Gasteiger partial charge in [-0.05, 0) is 58.3 Å². The minimum Gasteiger partial charge on any atom is -0.357 e. The van der Waals surface area contributed by atoms with Gasteiger partial charge in [0.15, 0.2) is 5.96 Å². The standard InChI is InChI=1S/C21H37N5.HI/c1-5-22-21(24-17-20-9-8-18(2)16-19(20)3)23-10-6-7-11-26-14-12-25(4)13-15-26;/h8-9,16H,5-7,10-15,17H2,1-4H3,(H2,22,23,24);1H. The Hall–Kier alpha value is -0.860. The molecule has 2 rings (SSSR count). The van der Waals surface area contributed by atoms with Crippen LogP contribution in [0, 0.1) is 13.8 Å². The zero-order valence-electron chi connectivity index (χ0n) is 17.6. The highest BCUT2D eigenvalue weighted by molar-refractivity contribution is 14.0. The van der Waals surface area contributed by atoms with Gasteiger partial charge in [0, 0.05) is 39.3 Å². The number of nitrogens with one attached hydrogen (secondary N) is 2. The summed E-state index contributed by atoms with van der Waals surface area (Å²) in [4.78, 5) is 9.74. The van der Waals surface area contributed by atoms with Crippen LogP contribution < -0.4 is 10.6 Å². The number of hydrogen-bond donors (Lipinski definition) is 2. The van der Waals surface area contributed by atoms with Gasteiger partial charge < -0.3 is 20.4 Å². The lowest BCUT2D eigenvalue weighted by Gasteiger charge is -2.32. The second-order valence-electron chi connectivity index (χ2n) is 7.40. The lowest BCUT2D eigenvalue weighted by atomic mass is 10.1. The second-order valence-corrected chi connectivity index (χ2v) is 7.40. The highest BCUT2D eigenvalue weighted by atomic mass is 127. The molecule has 0 aliphatic carbocycles. The maximum atomic E-state index is 4.75. The Labute approximate surface area is 183 Å². The number of unbranched alkanes of at least 4 members (excludes halogenated alkanes) is 1. The van der Waals surface area contributed by atoms with E-state index in [1.807, 2.05) is 0 Å². The first-order valence-electron chi connectivity index (χ1n) is 10.1. The minimum atomic E-state index is 0. The molecule has 1 aliphatic heterocycles. The zero-order valence-corrected chi connectivity index (χ0v) is 19.9. The number of aryl methyl sites for hydroxylation is 2. The summed E-state index contributed by atoms with van der Waals surface area (Å²) in [5.74, 6) is 0.923. The van der Waals surface area contributed by atoms with Crippen molar-refractivity contribution >= 4 is 29.9 Å². The van der Waals surface area contributed by atoms with Gasteiger partial charge in [-0.2, -0.15) is 0 Å². The maximum absolute atomic E-state index is 4.75. The maximum Gasteiger partial charge on any atom is 0.191 e. The third-order valence-corrected chi connectivity index (χ3v) is 5.04. The van der Waals surface area contributed by atoms with E-state index in [0.717, 1.165) is 25.6 Å². The Bertz CT molecular complexity index is 568. The summed E-state index contributed by atoms with van der Waals surface area (Å²) in [5, 5.41) is 6.83. The molecule has 1 aromatic rings. The summed E-state index contributed by atoms with van der Waals surface area (Å²) >= 11 is 0. The Balaban J connectivity index is 0.00000364. The van der Waals surface area contributed by atoms with Gasteiger partial charge in [0.25, 0.3) is 0 Å². The second kappa shape index (κ2) is 13.3. The van der Waals surface area contributed by atoms with Crippen LogP contribution in [0.1, 0.15) is 36.5 Å². The average molecular weight is 487 g/mol. The molecular weight excluding hydrogens is 449 g/mol. The van der Waals surface area contributed by atoms with E-state index in [2.05, 4.69) is 66.5 Å². The number of hydrogen-bond acceptors (Lipinski definition) is 3. The van der Waals surface area contributed by atoms with Crippen molar-refractivity contribution in [2.45, 2.75) is 40.2 Å². The van der Waals surface area contributed by atoms with Gasteiger partial charge in [0.05, 0.1) is 6.54 Å². The third-order valence-electron chi connectivity index (χ3n) is 5.04. The normalized spacial score (nSPS) is 16.1. The molecule has 27 heavy (non-hydrogen) atoms. The summed E-state index contributed by atoms with van der Waals surface area (Å²) in [6.07, 6.45) is 2.42.